The van der Waals surface area contributed by atoms with Crippen LogP contribution < -0.4 is 43.8 Å². The SMILES string of the molecule is CC(=O)N(C)C(Cc1ccc(CN)cc1F)c1nnc(-c2cccc(C)c2)s1.CC(=O)NC(Cc1ccc(C(C)(C)N)cc1)c1nnc(-c2cccc(C)c2)s1.CC(=O)NC(Cc1ccc(CN(C)C)cc1F)c1nnc(-c2cccc(C)c2)s1.CC(=O)NC(Cc1ccc(CN)cc1F)c1nnc(-c2cccc(C)c2)s1.CNCc1ccc(CC(NC(C)=O)c2nnc(-c3cccc(C)c3)s2)c(F)c1. The normalized spacial score (nSPS) is 12.2. The molecule has 0 saturated heterocycles. The Kier molecular flexibility index (Phi) is 39.2. The predicted octanol–water partition coefficient (Wildman–Crippen LogP) is 19.5. The Morgan fingerprint density at radius 1 is 0.350 bits per heavy atom. The second kappa shape index (κ2) is 51.2. The van der Waals surface area contributed by atoms with E-state index in [1.807, 2.05) is 207 Å². The van der Waals surface area contributed by atoms with Gasteiger partial charge in [-0.25, -0.2) is 17.6 Å². The second-order valence-corrected chi connectivity index (χ2v) is 40.1. The quantitative estimate of drug-likeness (QED) is 0.0182. The van der Waals surface area contributed by atoms with E-state index in [1.165, 1.54) is 115 Å². The first-order valence-corrected chi connectivity index (χ1v) is 49.4. The van der Waals surface area contributed by atoms with Crippen molar-refractivity contribution in [3.63, 3.8) is 0 Å². The van der Waals surface area contributed by atoms with E-state index in [2.05, 4.69) is 109 Å². The van der Waals surface area contributed by atoms with Crippen LogP contribution in [-0.4, -0.2) is 119 Å². The fourth-order valence-electron chi connectivity index (χ4n) is 15.0. The van der Waals surface area contributed by atoms with Gasteiger partial charge in [0, 0.05) is 127 Å². The van der Waals surface area contributed by atoms with Crippen LogP contribution in [0.15, 0.2) is 218 Å². The molecule has 0 saturated carbocycles. The number of amides is 5. The molecule has 0 aliphatic rings. The molecule has 34 heteroatoms. The first kappa shape index (κ1) is 107. The van der Waals surface area contributed by atoms with Crippen molar-refractivity contribution >= 4 is 86.2 Å². The number of halogens is 4. The molecule has 0 bridgehead atoms. The number of hydrogen-bond donors (Lipinski definition) is 8. The summed E-state index contributed by atoms with van der Waals surface area (Å²) in [5.74, 6) is -2.00. The molecule has 25 nitrogen and oxygen atoms in total. The highest BCUT2D eigenvalue weighted by atomic mass is 32.1. The van der Waals surface area contributed by atoms with Gasteiger partial charge in [0.1, 0.15) is 73.3 Å². The number of hydrogen-bond acceptors (Lipinski definition) is 25. The summed E-state index contributed by atoms with van der Waals surface area (Å²) in [6.45, 7) is 23.3. The van der Waals surface area contributed by atoms with Crippen molar-refractivity contribution in [2.24, 2.45) is 17.2 Å². The van der Waals surface area contributed by atoms with Crippen LogP contribution in [0.5, 0.6) is 0 Å². The summed E-state index contributed by atoms with van der Waals surface area (Å²) < 4.78 is 58.1. The fourth-order valence-corrected chi connectivity index (χ4v) is 19.5. The van der Waals surface area contributed by atoms with Crippen molar-refractivity contribution in [3.05, 3.63) is 350 Å². The molecule has 5 unspecified atom stereocenters. The lowest BCUT2D eigenvalue weighted by molar-refractivity contribution is -0.130. The highest BCUT2D eigenvalue weighted by molar-refractivity contribution is 7.16. The predicted molar refractivity (Wildman–Crippen MR) is 552 cm³/mol. The zero-order valence-electron chi connectivity index (χ0n) is 81.2. The maximum atomic E-state index is 14.7. The van der Waals surface area contributed by atoms with Crippen LogP contribution in [0.2, 0.25) is 0 Å². The van der Waals surface area contributed by atoms with Gasteiger partial charge in [-0.15, -0.1) is 51.0 Å². The number of benzene rings is 10. The fraction of sp³-hybridized carbons (Fsp3) is 0.292. The molecule has 5 atom stereocenters. The molecule has 0 fully saturated rings. The van der Waals surface area contributed by atoms with Crippen molar-refractivity contribution in [1.29, 1.82) is 0 Å². The number of aromatic nitrogens is 10. The standard InChI is InChI=1S/C22H25FN4OS.C22H26N4OS.2C21H23FN4OS.C20H21FN4OS/c1-14-6-5-7-18(10-14)21-25-26-22(29-21)20(24-15(2)28)12-17-9-8-16(11-19(17)23)13-27(3)4;1-14-6-5-7-17(12-14)20-25-26-21(28-20)19(24-15(2)27)13-16-8-10-18(11-9-16)22(3,4)23;1-13-5-4-6-17(9-13)20-24-25-21(28-20)19(26(3)14(2)27)11-16-8-7-15(12-23)10-18(16)22;1-13-5-4-6-17(9-13)20-25-26-21(28-20)19(24-14(2)27)11-16-8-7-15(12-23-3)10-18(16)22;1-12-4-3-5-16(8-12)19-24-25-20(27-19)18(23-13(2)26)10-15-7-6-14(11-22)9-17(15)21/h5-11,20H,12-13H2,1-4H3,(H,24,28);5-12,19H,13,23H2,1-4H3,(H,24,27);4-10,19H,11-12,23H2,1-3H3;4-10,19,23H,11-12H2,1-3H3,(H,24,27);3-9,18H,10-11,22H2,1-2H3,(H,23,26). The molecule has 5 heterocycles. The zero-order valence-corrected chi connectivity index (χ0v) is 85.3. The number of nitrogens with two attached hydrogens (primary N) is 3. The van der Waals surface area contributed by atoms with Crippen molar-refractivity contribution in [2.75, 3.05) is 28.2 Å². The lowest BCUT2D eigenvalue weighted by Gasteiger charge is -2.25. The van der Waals surface area contributed by atoms with E-state index in [1.54, 1.807) is 48.3 Å². The zero-order chi connectivity index (χ0) is 101. The Hall–Kier alpha value is -13.1. The number of rotatable bonds is 32. The highest BCUT2D eigenvalue weighted by Crippen LogP contribution is 2.38. The van der Waals surface area contributed by atoms with Crippen LogP contribution in [0.1, 0.15) is 187 Å². The summed E-state index contributed by atoms with van der Waals surface area (Å²) in [6, 6.07) is 66.8. The molecular weight excluding hydrogens is 1870 g/mol. The molecule has 11 N–H and O–H groups in total. The van der Waals surface area contributed by atoms with Gasteiger partial charge >= 0.3 is 0 Å². The number of carbonyl (C=O) groups is 5. The minimum atomic E-state index is -0.447. The van der Waals surface area contributed by atoms with Gasteiger partial charge in [-0.2, -0.15) is 0 Å². The monoisotopic (exact) mass is 1990 g/mol. The van der Waals surface area contributed by atoms with Crippen LogP contribution in [0.3, 0.4) is 0 Å². The molecule has 15 aromatic rings. The molecule has 5 aromatic heterocycles. The first-order valence-electron chi connectivity index (χ1n) is 45.4. The molecule has 0 aliphatic carbocycles. The van der Waals surface area contributed by atoms with Crippen molar-refractivity contribution in [3.8, 4) is 52.9 Å². The smallest absolute Gasteiger partial charge is 0.219 e. The van der Waals surface area contributed by atoms with Gasteiger partial charge in [0.2, 0.25) is 29.5 Å². The topological polar surface area (TPSA) is 359 Å². The minimum absolute atomic E-state index is 0.0861. The van der Waals surface area contributed by atoms with E-state index in [0.717, 1.165) is 113 Å². The van der Waals surface area contributed by atoms with Crippen molar-refractivity contribution in [2.45, 2.75) is 177 Å². The van der Waals surface area contributed by atoms with E-state index >= 15 is 0 Å². The van der Waals surface area contributed by atoms with Crippen molar-refractivity contribution < 1.29 is 41.5 Å². The van der Waals surface area contributed by atoms with Gasteiger partial charge in [-0.05, 0) is 186 Å². The van der Waals surface area contributed by atoms with E-state index < -0.39 is 24.2 Å². The summed E-state index contributed by atoms with van der Waals surface area (Å²) in [7, 11) is 7.41. The number of nitrogens with zero attached hydrogens (tertiary/aromatic N) is 12. The van der Waals surface area contributed by atoms with Crippen LogP contribution in [-0.2, 0) is 87.8 Å². The van der Waals surface area contributed by atoms with E-state index in [0.29, 0.717) is 87.5 Å². The van der Waals surface area contributed by atoms with Gasteiger partial charge in [0.25, 0.3) is 0 Å². The van der Waals surface area contributed by atoms with E-state index in [-0.39, 0.29) is 77.5 Å². The lowest BCUT2D eigenvalue weighted by atomic mass is 9.94. The molecule has 0 radical (unpaired) electrons. The number of likely N-dealkylation sites (N-methyl/N-ethyl adjacent to an activating group) is 1. The summed E-state index contributed by atoms with van der Waals surface area (Å²) >= 11 is 7.16. The minimum Gasteiger partial charge on any atom is -0.347 e. The third kappa shape index (κ3) is 32.0. The average Bonchev–Trinajstić information content (AvgIpc) is 1.53. The molecule has 5 amide bonds. The van der Waals surface area contributed by atoms with Crippen LogP contribution in [0, 0.1) is 57.9 Å². The summed E-state index contributed by atoms with van der Waals surface area (Å²) in [5.41, 5.74) is 35.1. The first-order chi connectivity index (χ1) is 66.8. The largest absolute Gasteiger partial charge is 0.347 e. The molecule has 15 rings (SSSR count). The Morgan fingerprint density at radius 3 is 0.900 bits per heavy atom. The van der Waals surface area contributed by atoms with E-state index in [4.69, 9.17) is 17.2 Å². The Morgan fingerprint density at radius 2 is 0.621 bits per heavy atom. The van der Waals surface area contributed by atoms with Gasteiger partial charge in [0.05, 0.1) is 30.2 Å². The van der Waals surface area contributed by atoms with Crippen LogP contribution in [0.25, 0.3) is 52.9 Å². The third-order valence-corrected chi connectivity index (χ3v) is 27.5. The molecular formula is C106H118F4N20O5S5. The van der Waals surface area contributed by atoms with Gasteiger partial charge in [0.15, 0.2) is 0 Å². The summed E-state index contributed by atoms with van der Waals surface area (Å²) in [4.78, 5) is 62.5. The number of carbonyl (C=O) groups excluding carboxylic acids is 5. The second-order valence-electron chi connectivity index (χ2n) is 35.1. The molecule has 10 aromatic carbocycles. The number of aryl methyl sites for hydroxylation is 5. The molecule has 0 spiro atoms. The highest BCUT2D eigenvalue weighted by Gasteiger charge is 2.30. The molecule has 730 valence electrons. The number of nitrogens with one attached hydrogen (secondary N) is 5. The van der Waals surface area contributed by atoms with Gasteiger partial charge in [-0.3, -0.25) is 24.0 Å². The van der Waals surface area contributed by atoms with Gasteiger partial charge < -0.3 is 53.6 Å². The van der Waals surface area contributed by atoms with Crippen LogP contribution >= 0.6 is 56.7 Å². The Bertz CT molecular complexity index is 6720. The molecule has 140 heavy (non-hydrogen) atoms. The lowest BCUT2D eigenvalue weighted by Crippen LogP contribution is -2.30. The van der Waals surface area contributed by atoms with E-state index in [9.17, 15) is 41.5 Å². The Labute approximate surface area is 834 Å². The summed E-state index contributed by atoms with van der Waals surface area (Å²) in [5, 5.41) is 65.0. The Balaban J connectivity index is 0.000000167. The van der Waals surface area contributed by atoms with Crippen molar-refractivity contribution in [1.82, 2.24) is 87.4 Å². The third-order valence-electron chi connectivity index (χ3n) is 22.1. The average molecular weight is 1990 g/mol. The maximum absolute atomic E-state index is 14.7. The maximum Gasteiger partial charge on any atom is 0.219 e. The molecule has 0 aliphatic heterocycles. The van der Waals surface area contributed by atoms with Crippen LogP contribution in [0.4, 0.5) is 17.6 Å². The van der Waals surface area contributed by atoms with Gasteiger partial charge in [-0.1, -0.05) is 248 Å². The summed E-state index contributed by atoms with van der Waals surface area (Å²) in [6.07, 6.45) is 1.88.